The standard InChI is InChI=1S/C22H18ClN5O2/c1-3-10-27-12-24-20-18(22(27)29)19-21(26-16-7-5-4-6-15(16)25-19)28(20)13-8-9-17(30-2)14(23)11-13/h4-9,11-12H,3,10H2,1-2H3. The van der Waals surface area contributed by atoms with Crippen LogP contribution in [0.2, 0.25) is 5.02 Å². The van der Waals surface area contributed by atoms with Gasteiger partial charge in [0.15, 0.2) is 11.3 Å². The van der Waals surface area contributed by atoms with E-state index in [4.69, 9.17) is 26.3 Å². The summed E-state index contributed by atoms with van der Waals surface area (Å²) >= 11 is 6.38. The minimum Gasteiger partial charge on any atom is -0.495 e. The number of hydrogen-bond acceptors (Lipinski definition) is 5. The maximum Gasteiger partial charge on any atom is 0.265 e. The van der Waals surface area contributed by atoms with Crippen molar-refractivity contribution in [3.05, 3.63) is 64.2 Å². The van der Waals surface area contributed by atoms with Crippen molar-refractivity contribution in [3.8, 4) is 11.4 Å². The van der Waals surface area contributed by atoms with Gasteiger partial charge in [-0.3, -0.25) is 13.9 Å². The van der Waals surface area contributed by atoms with E-state index in [9.17, 15) is 4.79 Å². The molecule has 0 amide bonds. The molecule has 0 aliphatic rings. The van der Waals surface area contributed by atoms with Gasteiger partial charge in [0.25, 0.3) is 5.56 Å². The number of fused-ring (bicyclic) bond motifs is 4. The Kier molecular flexibility index (Phi) is 4.40. The second-order valence-electron chi connectivity index (χ2n) is 6.98. The highest BCUT2D eigenvalue weighted by molar-refractivity contribution is 6.32. The average Bonchev–Trinajstić information content (AvgIpc) is 3.08. The van der Waals surface area contributed by atoms with Gasteiger partial charge in [-0.2, -0.15) is 0 Å². The van der Waals surface area contributed by atoms with Gasteiger partial charge in [0.05, 0.1) is 35.2 Å². The lowest BCUT2D eigenvalue weighted by atomic mass is 10.3. The normalized spacial score (nSPS) is 11.6. The number of rotatable bonds is 4. The van der Waals surface area contributed by atoms with E-state index in [1.807, 2.05) is 41.8 Å². The first-order valence-corrected chi connectivity index (χ1v) is 10.0. The van der Waals surface area contributed by atoms with Crippen molar-refractivity contribution in [2.24, 2.45) is 0 Å². The van der Waals surface area contributed by atoms with Crippen LogP contribution in [-0.2, 0) is 6.54 Å². The number of nitrogens with zero attached hydrogens (tertiary/aromatic N) is 5. The van der Waals surface area contributed by atoms with Crippen LogP contribution in [0.4, 0.5) is 0 Å². The molecule has 0 atom stereocenters. The zero-order valence-corrected chi connectivity index (χ0v) is 17.2. The largest absolute Gasteiger partial charge is 0.495 e. The molecule has 150 valence electrons. The van der Waals surface area contributed by atoms with Crippen molar-refractivity contribution < 1.29 is 4.74 Å². The fraction of sp³-hybridized carbons (Fsp3) is 0.182. The van der Waals surface area contributed by atoms with Crippen molar-refractivity contribution in [1.82, 2.24) is 24.1 Å². The number of halogens is 1. The molecule has 3 aromatic heterocycles. The summed E-state index contributed by atoms with van der Waals surface area (Å²) in [6.45, 7) is 2.61. The van der Waals surface area contributed by atoms with Crippen LogP contribution in [0.1, 0.15) is 13.3 Å². The summed E-state index contributed by atoms with van der Waals surface area (Å²) in [5.41, 5.74) is 3.64. The summed E-state index contributed by atoms with van der Waals surface area (Å²) in [5.74, 6) is 0.566. The number of hydrogen-bond donors (Lipinski definition) is 0. The van der Waals surface area contributed by atoms with Gasteiger partial charge >= 0.3 is 0 Å². The molecule has 0 saturated heterocycles. The zero-order valence-electron chi connectivity index (χ0n) is 16.5. The SMILES string of the molecule is CCCn1cnc2c(c1=O)c1nc3ccccc3nc1n2-c1ccc(OC)c(Cl)c1. The molecule has 0 radical (unpaired) electrons. The Labute approximate surface area is 176 Å². The number of methoxy groups -OCH3 is 1. The maximum absolute atomic E-state index is 13.3. The van der Waals surface area contributed by atoms with Crippen molar-refractivity contribution in [3.63, 3.8) is 0 Å². The molecule has 0 N–H and O–H groups in total. The van der Waals surface area contributed by atoms with Crippen LogP contribution >= 0.6 is 11.6 Å². The molecule has 0 spiro atoms. The van der Waals surface area contributed by atoms with Crippen LogP contribution in [0.15, 0.2) is 53.6 Å². The predicted octanol–water partition coefficient (Wildman–Crippen LogP) is 4.36. The van der Waals surface area contributed by atoms with E-state index in [0.29, 0.717) is 39.5 Å². The number of aromatic nitrogens is 5. The van der Waals surface area contributed by atoms with Crippen LogP contribution in [0.25, 0.3) is 38.9 Å². The van der Waals surface area contributed by atoms with E-state index in [2.05, 4.69) is 4.98 Å². The molecule has 0 fully saturated rings. The molecule has 0 aliphatic heterocycles. The van der Waals surface area contributed by atoms with Gasteiger partial charge in [-0.25, -0.2) is 15.0 Å². The predicted molar refractivity (Wildman–Crippen MR) is 118 cm³/mol. The highest BCUT2D eigenvalue weighted by Gasteiger charge is 2.21. The lowest BCUT2D eigenvalue weighted by Crippen LogP contribution is -2.20. The molecule has 0 bridgehead atoms. The molecule has 0 unspecified atom stereocenters. The first kappa shape index (κ1) is 18.6. The number of aryl methyl sites for hydroxylation is 1. The van der Waals surface area contributed by atoms with E-state index in [-0.39, 0.29) is 5.56 Å². The van der Waals surface area contributed by atoms with Gasteiger partial charge < -0.3 is 4.74 Å². The molecule has 7 nitrogen and oxygen atoms in total. The summed E-state index contributed by atoms with van der Waals surface area (Å²) in [6.07, 6.45) is 2.41. The van der Waals surface area contributed by atoms with Gasteiger partial charge in [-0.05, 0) is 36.8 Å². The minimum atomic E-state index is -0.130. The first-order valence-electron chi connectivity index (χ1n) is 9.62. The van der Waals surface area contributed by atoms with E-state index in [1.54, 1.807) is 30.1 Å². The quantitative estimate of drug-likeness (QED) is 0.432. The summed E-state index contributed by atoms with van der Waals surface area (Å²) in [4.78, 5) is 27.5. The molecular weight excluding hydrogens is 402 g/mol. The summed E-state index contributed by atoms with van der Waals surface area (Å²) in [6, 6.07) is 13.0. The number of ether oxygens (including phenoxy) is 1. The molecule has 0 aliphatic carbocycles. The number of benzene rings is 2. The summed E-state index contributed by atoms with van der Waals surface area (Å²) in [7, 11) is 1.57. The van der Waals surface area contributed by atoms with Crippen LogP contribution in [0.3, 0.4) is 0 Å². The Hall–Kier alpha value is -3.45. The smallest absolute Gasteiger partial charge is 0.265 e. The third-order valence-electron chi connectivity index (χ3n) is 5.09. The molecule has 3 heterocycles. The van der Waals surface area contributed by atoms with Gasteiger partial charge in [0.2, 0.25) is 0 Å². The monoisotopic (exact) mass is 419 g/mol. The Morgan fingerprint density at radius 3 is 2.53 bits per heavy atom. The van der Waals surface area contributed by atoms with Crippen LogP contribution in [0.5, 0.6) is 5.75 Å². The van der Waals surface area contributed by atoms with Crippen molar-refractivity contribution in [1.29, 1.82) is 0 Å². The fourth-order valence-corrected chi connectivity index (χ4v) is 3.96. The lowest BCUT2D eigenvalue weighted by Gasteiger charge is -2.09. The molecule has 30 heavy (non-hydrogen) atoms. The van der Waals surface area contributed by atoms with E-state index >= 15 is 0 Å². The van der Waals surface area contributed by atoms with Gasteiger partial charge in [-0.15, -0.1) is 0 Å². The van der Waals surface area contributed by atoms with Crippen LogP contribution in [0, 0.1) is 0 Å². The second kappa shape index (κ2) is 7.11. The summed E-state index contributed by atoms with van der Waals surface area (Å²) < 4.78 is 8.72. The Morgan fingerprint density at radius 1 is 1.07 bits per heavy atom. The van der Waals surface area contributed by atoms with Gasteiger partial charge in [0.1, 0.15) is 16.7 Å². The Morgan fingerprint density at radius 2 is 1.83 bits per heavy atom. The highest BCUT2D eigenvalue weighted by Crippen LogP contribution is 2.32. The van der Waals surface area contributed by atoms with E-state index < -0.39 is 0 Å². The zero-order chi connectivity index (χ0) is 20.8. The van der Waals surface area contributed by atoms with Crippen molar-refractivity contribution in [2.75, 3.05) is 7.11 Å². The molecular formula is C22H18ClN5O2. The topological polar surface area (TPSA) is 74.8 Å². The van der Waals surface area contributed by atoms with E-state index in [1.165, 1.54) is 0 Å². The molecule has 5 aromatic rings. The van der Waals surface area contributed by atoms with Crippen molar-refractivity contribution in [2.45, 2.75) is 19.9 Å². The third kappa shape index (κ3) is 2.74. The number of para-hydroxylation sites is 2. The summed E-state index contributed by atoms with van der Waals surface area (Å²) in [5, 5.41) is 0.907. The second-order valence-corrected chi connectivity index (χ2v) is 7.39. The maximum atomic E-state index is 13.3. The first-order chi connectivity index (χ1) is 14.6. The minimum absolute atomic E-state index is 0.130. The highest BCUT2D eigenvalue weighted by atomic mass is 35.5. The molecule has 0 saturated carbocycles. The Balaban J connectivity index is 1.95. The molecule has 8 heteroatoms. The molecule has 2 aromatic carbocycles. The average molecular weight is 420 g/mol. The fourth-order valence-electron chi connectivity index (χ4n) is 3.71. The van der Waals surface area contributed by atoms with E-state index in [0.717, 1.165) is 23.1 Å². The Bertz CT molecular complexity index is 1490. The van der Waals surface area contributed by atoms with Crippen molar-refractivity contribution >= 4 is 44.8 Å². The third-order valence-corrected chi connectivity index (χ3v) is 5.38. The lowest BCUT2D eigenvalue weighted by molar-refractivity contribution is 0.415. The van der Waals surface area contributed by atoms with Crippen LogP contribution < -0.4 is 10.3 Å². The van der Waals surface area contributed by atoms with Gasteiger partial charge in [0, 0.05) is 6.54 Å². The van der Waals surface area contributed by atoms with Gasteiger partial charge in [-0.1, -0.05) is 30.7 Å². The van der Waals surface area contributed by atoms with Crippen LogP contribution in [-0.4, -0.2) is 31.2 Å². The molecule has 5 rings (SSSR count).